The third-order valence-electron chi connectivity index (χ3n) is 2.08. The molecule has 0 aliphatic carbocycles. The van der Waals surface area contributed by atoms with E-state index < -0.39 is 33.9 Å². The zero-order valence-electron chi connectivity index (χ0n) is 8.04. The lowest BCUT2D eigenvalue weighted by Crippen LogP contribution is -2.56. The maximum absolute atomic E-state index is 12.1. The maximum Gasteiger partial charge on any atom is 0.426 e. The molecule has 0 rings (SSSR count). The van der Waals surface area contributed by atoms with Gasteiger partial charge in [-0.3, -0.25) is 0 Å². The van der Waals surface area contributed by atoms with Gasteiger partial charge in [0.25, 0.3) is 5.60 Å². The first-order valence-corrected chi connectivity index (χ1v) is 6.83. The Hall–Kier alpha value is -0.243. The van der Waals surface area contributed by atoms with Gasteiger partial charge in [-0.15, -0.1) is 0 Å². The van der Waals surface area contributed by atoms with Crippen LogP contribution in [-0.2, 0) is 0 Å². The summed E-state index contributed by atoms with van der Waals surface area (Å²) in [7, 11) is -0.588. The van der Waals surface area contributed by atoms with E-state index in [2.05, 4.69) is 0 Å². The van der Waals surface area contributed by atoms with Gasteiger partial charge in [0.1, 0.15) is 0 Å². The van der Waals surface area contributed by atoms with Crippen LogP contribution < -0.4 is 0 Å². The van der Waals surface area contributed by atoms with E-state index in [0.29, 0.717) is 6.04 Å². The van der Waals surface area contributed by atoms with Crippen LogP contribution in [0.1, 0.15) is 12.8 Å². The van der Waals surface area contributed by atoms with Crippen molar-refractivity contribution in [1.29, 1.82) is 0 Å². The molecule has 0 saturated carbocycles. The molecule has 0 bridgehead atoms. The third-order valence-corrected chi connectivity index (χ3v) is 3.29. The predicted molar refractivity (Wildman–Crippen MR) is 45.5 cm³/mol. The molecule has 8 heteroatoms. The normalized spacial score (nSPS) is 15.2. The minimum atomic E-state index is -5.67. The molecule has 0 aromatic heterocycles. The zero-order valence-corrected chi connectivity index (χ0v) is 9.46. The minimum Gasteiger partial charge on any atom is -0.374 e. The molecule has 1 N–H and O–H groups in total. The fourth-order valence-corrected chi connectivity index (χ4v) is 1.83. The van der Waals surface area contributed by atoms with Gasteiger partial charge in [-0.1, -0.05) is 19.0 Å². The molecule has 0 saturated heterocycles. The van der Waals surface area contributed by atoms with E-state index >= 15 is 0 Å². The maximum atomic E-state index is 12.1. The van der Waals surface area contributed by atoms with Crippen LogP contribution in [0.5, 0.6) is 0 Å². The summed E-state index contributed by atoms with van der Waals surface area (Å²) in [4.78, 5) is 0. The topological polar surface area (TPSA) is 20.2 Å². The summed E-state index contributed by atoms with van der Waals surface area (Å²) in [6.45, 7) is 1.78. The van der Waals surface area contributed by atoms with Crippen LogP contribution in [0.3, 0.4) is 0 Å². The smallest absolute Gasteiger partial charge is 0.374 e. The molecule has 0 aliphatic rings. The molecule has 0 heterocycles. The van der Waals surface area contributed by atoms with Crippen molar-refractivity contribution < 1.29 is 31.4 Å². The summed E-state index contributed by atoms with van der Waals surface area (Å²) in [6, 6.07) is 0.356. The highest BCUT2D eigenvalue weighted by molar-refractivity contribution is 6.33. The Morgan fingerprint density at radius 1 is 1.00 bits per heavy atom. The van der Waals surface area contributed by atoms with E-state index in [1.807, 2.05) is 0 Å². The quantitative estimate of drug-likeness (QED) is 0.463. The highest BCUT2D eigenvalue weighted by Crippen LogP contribution is 2.45. The van der Waals surface area contributed by atoms with E-state index in [0.717, 1.165) is 0 Å². The molecule has 0 radical (unpaired) electrons. The SMILES string of the molecule is C[SiH2]CCCC(O)(C(F)(F)F)C(F)(F)F. The van der Waals surface area contributed by atoms with Crippen molar-refractivity contribution >= 4 is 9.52 Å². The second-order valence-corrected chi connectivity index (χ2v) is 5.02. The Morgan fingerprint density at radius 2 is 1.40 bits per heavy atom. The lowest BCUT2D eigenvalue weighted by molar-refractivity contribution is -0.369. The van der Waals surface area contributed by atoms with E-state index in [1.54, 1.807) is 6.55 Å². The second kappa shape index (κ2) is 4.73. The number of aliphatic hydroxyl groups is 1. The van der Waals surface area contributed by atoms with Crippen LogP contribution >= 0.6 is 0 Å². The molecule has 1 nitrogen and oxygen atoms in total. The number of alkyl halides is 6. The molecule has 0 amide bonds. The average molecular weight is 254 g/mol. The molecule has 0 aromatic rings. The summed E-state index contributed by atoms with van der Waals surface area (Å²) in [6.07, 6.45) is -12.9. The van der Waals surface area contributed by atoms with Gasteiger partial charge < -0.3 is 5.11 Å². The molecule has 0 aromatic carbocycles. The number of hydrogen-bond acceptors (Lipinski definition) is 1. The summed E-state index contributed by atoms with van der Waals surface area (Å²) in [5, 5.41) is 8.68. The molecule has 0 atom stereocenters. The summed E-state index contributed by atoms with van der Waals surface area (Å²) in [5.41, 5.74) is -4.55. The number of rotatable bonds is 4. The first-order chi connectivity index (χ1) is 6.56. The van der Waals surface area contributed by atoms with E-state index in [-0.39, 0.29) is 6.42 Å². The van der Waals surface area contributed by atoms with E-state index in [9.17, 15) is 26.3 Å². The minimum absolute atomic E-state index is 0.252. The van der Waals surface area contributed by atoms with Gasteiger partial charge in [-0.25, -0.2) is 0 Å². The summed E-state index contributed by atoms with van der Waals surface area (Å²) >= 11 is 0. The molecule has 92 valence electrons. The van der Waals surface area contributed by atoms with Crippen molar-refractivity contribution in [3.05, 3.63) is 0 Å². The molecule has 0 aliphatic heterocycles. The molecule has 15 heavy (non-hydrogen) atoms. The first-order valence-electron chi connectivity index (χ1n) is 4.42. The average Bonchev–Trinajstić information content (AvgIpc) is 2.00. The lowest BCUT2D eigenvalue weighted by Gasteiger charge is -2.32. The molecule has 0 spiro atoms. The van der Waals surface area contributed by atoms with Crippen LogP contribution in [0.2, 0.25) is 12.6 Å². The van der Waals surface area contributed by atoms with Gasteiger partial charge in [0.2, 0.25) is 0 Å². The van der Waals surface area contributed by atoms with Crippen LogP contribution in [0.4, 0.5) is 26.3 Å². The van der Waals surface area contributed by atoms with Gasteiger partial charge in [0.15, 0.2) is 0 Å². The van der Waals surface area contributed by atoms with Crippen molar-refractivity contribution in [1.82, 2.24) is 0 Å². The molecular weight excluding hydrogens is 242 g/mol. The standard InChI is InChI=1S/C7H12F6OSi/c1-15-4-2-3-5(14,6(8,9)10)7(11,12)13/h14H,2-4,15H2,1H3. The summed E-state index contributed by atoms with van der Waals surface area (Å²) in [5.74, 6) is 0. The Morgan fingerprint density at radius 3 is 1.67 bits per heavy atom. The Bertz CT molecular complexity index is 185. The summed E-state index contributed by atoms with van der Waals surface area (Å²) < 4.78 is 72.4. The van der Waals surface area contributed by atoms with Crippen molar-refractivity contribution in [2.75, 3.05) is 0 Å². The highest BCUT2D eigenvalue weighted by Gasteiger charge is 2.69. The largest absolute Gasteiger partial charge is 0.426 e. The molecular formula is C7H12F6OSi. The number of hydrogen-bond donors (Lipinski definition) is 1. The van der Waals surface area contributed by atoms with Gasteiger partial charge in [0.05, 0.1) is 0 Å². The van der Waals surface area contributed by atoms with Crippen LogP contribution in [0.15, 0.2) is 0 Å². The Labute approximate surface area is 85.3 Å². The Kier molecular flexibility index (Phi) is 4.65. The fourth-order valence-electron chi connectivity index (χ4n) is 1.08. The van der Waals surface area contributed by atoms with Crippen LogP contribution in [0, 0.1) is 0 Å². The third kappa shape index (κ3) is 3.37. The van der Waals surface area contributed by atoms with Crippen LogP contribution in [-0.4, -0.2) is 32.6 Å². The first kappa shape index (κ1) is 14.8. The fraction of sp³-hybridized carbons (Fsp3) is 1.00. The van der Waals surface area contributed by atoms with Crippen molar-refractivity contribution in [2.45, 2.75) is 43.4 Å². The van der Waals surface area contributed by atoms with Crippen molar-refractivity contribution in [3.8, 4) is 0 Å². The van der Waals surface area contributed by atoms with Gasteiger partial charge in [-0.05, 0) is 6.42 Å². The Balaban J connectivity index is 4.74. The van der Waals surface area contributed by atoms with Gasteiger partial charge in [0, 0.05) is 9.52 Å². The predicted octanol–water partition coefficient (Wildman–Crippen LogP) is 2.26. The zero-order chi connectivity index (χ0) is 12.3. The van der Waals surface area contributed by atoms with Gasteiger partial charge in [-0.2, -0.15) is 26.3 Å². The van der Waals surface area contributed by atoms with E-state index in [1.165, 1.54) is 0 Å². The lowest BCUT2D eigenvalue weighted by atomic mass is 9.97. The van der Waals surface area contributed by atoms with Crippen molar-refractivity contribution in [2.24, 2.45) is 0 Å². The second-order valence-electron chi connectivity index (χ2n) is 3.31. The van der Waals surface area contributed by atoms with E-state index in [4.69, 9.17) is 5.11 Å². The highest BCUT2D eigenvalue weighted by atomic mass is 28.2. The van der Waals surface area contributed by atoms with Gasteiger partial charge >= 0.3 is 12.4 Å². The molecule has 0 fully saturated rings. The van der Waals surface area contributed by atoms with Crippen LogP contribution in [0.25, 0.3) is 0 Å². The monoisotopic (exact) mass is 254 g/mol. The van der Waals surface area contributed by atoms with Crippen molar-refractivity contribution in [3.63, 3.8) is 0 Å². The molecule has 0 unspecified atom stereocenters. The number of halogens is 6.